The second-order valence-corrected chi connectivity index (χ2v) is 4.39. The molecule has 108 valence electrons. The Bertz CT molecular complexity index is 704. The van der Waals surface area contributed by atoms with E-state index in [0.717, 1.165) is 12.1 Å². The third-order valence-corrected chi connectivity index (χ3v) is 2.74. The van der Waals surface area contributed by atoms with Crippen LogP contribution < -0.4 is 4.74 Å². The van der Waals surface area contributed by atoms with Crippen molar-refractivity contribution in [3.05, 3.63) is 65.0 Å². The Hall–Kier alpha value is -2.12. The number of hydrogen-bond acceptors (Lipinski definition) is 1. The van der Waals surface area contributed by atoms with Gasteiger partial charge in [-0.2, -0.15) is 0 Å². The average molecular weight is 311 g/mol. The van der Waals surface area contributed by atoms with Crippen LogP contribution in [0.3, 0.4) is 0 Å². The SMILES string of the molecule is Fc1ccc(COc2cc(C#CCCl)ccc2F)cc1F. The smallest absolute Gasteiger partial charge is 0.165 e. The molecule has 0 N–H and O–H groups in total. The maximum Gasteiger partial charge on any atom is 0.165 e. The summed E-state index contributed by atoms with van der Waals surface area (Å²) < 4.78 is 44.7. The summed E-state index contributed by atoms with van der Waals surface area (Å²) in [5.41, 5.74) is 0.947. The van der Waals surface area contributed by atoms with Crippen molar-refractivity contribution in [1.82, 2.24) is 0 Å². The summed E-state index contributed by atoms with van der Waals surface area (Å²) in [7, 11) is 0. The van der Waals surface area contributed by atoms with Crippen LogP contribution in [0.1, 0.15) is 11.1 Å². The van der Waals surface area contributed by atoms with Gasteiger partial charge in [-0.05, 0) is 35.9 Å². The van der Waals surface area contributed by atoms with E-state index in [1.54, 1.807) is 0 Å². The Morgan fingerprint density at radius 2 is 1.71 bits per heavy atom. The van der Waals surface area contributed by atoms with Crippen LogP contribution in [0.2, 0.25) is 0 Å². The van der Waals surface area contributed by atoms with Crippen LogP contribution in [0.5, 0.6) is 5.75 Å². The van der Waals surface area contributed by atoms with E-state index in [1.807, 2.05) is 0 Å². The van der Waals surface area contributed by atoms with Crippen molar-refractivity contribution in [2.24, 2.45) is 0 Å². The lowest BCUT2D eigenvalue weighted by molar-refractivity contribution is 0.289. The molecule has 1 nitrogen and oxygen atoms in total. The lowest BCUT2D eigenvalue weighted by Gasteiger charge is -2.08. The molecule has 0 fully saturated rings. The number of rotatable bonds is 3. The van der Waals surface area contributed by atoms with E-state index in [0.29, 0.717) is 11.1 Å². The minimum Gasteiger partial charge on any atom is -0.486 e. The molecule has 0 aromatic heterocycles. The Balaban J connectivity index is 2.13. The van der Waals surface area contributed by atoms with Gasteiger partial charge in [-0.25, -0.2) is 13.2 Å². The summed E-state index contributed by atoms with van der Waals surface area (Å²) >= 11 is 5.45. The normalized spacial score (nSPS) is 9.90. The van der Waals surface area contributed by atoms with Gasteiger partial charge >= 0.3 is 0 Å². The van der Waals surface area contributed by atoms with Gasteiger partial charge < -0.3 is 4.74 Å². The minimum absolute atomic E-state index is 0.0129. The van der Waals surface area contributed by atoms with E-state index in [-0.39, 0.29) is 18.2 Å². The summed E-state index contributed by atoms with van der Waals surface area (Å²) in [6.07, 6.45) is 0. The third kappa shape index (κ3) is 4.17. The molecule has 0 unspecified atom stereocenters. The van der Waals surface area contributed by atoms with Crippen molar-refractivity contribution in [2.75, 3.05) is 5.88 Å². The second kappa shape index (κ2) is 7.05. The van der Waals surface area contributed by atoms with Gasteiger partial charge in [0.15, 0.2) is 23.2 Å². The molecule has 0 saturated carbocycles. The lowest BCUT2D eigenvalue weighted by atomic mass is 10.2. The molecule has 0 heterocycles. The van der Waals surface area contributed by atoms with Crippen LogP contribution in [0.15, 0.2) is 36.4 Å². The first-order chi connectivity index (χ1) is 10.1. The third-order valence-electron chi connectivity index (χ3n) is 2.61. The number of hydrogen-bond donors (Lipinski definition) is 0. The van der Waals surface area contributed by atoms with E-state index >= 15 is 0 Å². The highest BCUT2D eigenvalue weighted by Gasteiger charge is 2.07. The van der Waals surface area contributed by atoms with Crippen LogP contribution >= 0.6 is 11.6 Å². The number of alkyl halides is 1. The number of halogens is 4. The molecule has 21 heavy (non-hydrogen) atoms. The fourth-order valence-corrected chi connectivity index (χ4v) is 1.68. The predicted octanol–water partition coefficient (Wildman–Crippen LogP) is 4.27. The monoisotopic (exact) mass is 310 g/mol. The Morgan fingerprint density at radius 3 is 2.43 bits per heavy atom. The quantitative estimate of drug-likeness (QED) is 0.607. The highest BCUT2D eigenvalue weighted by atomic mass is 35.5. The first-order valence-electron chi connectivity index (χ1n) is 6.01. The molecule has 0 spiro atoms. The Morgan fingerprint density at radius 1 is 0.952 bits per heavy atom. The predicted molar refractivity (Wildman–Crippen MR) is 74.7 cm³/mol. The van der Waals surface area contributed by atoms with Crippen molar-refractivity contribution < 1.29 is 17.9 Å². The maximum absolute atomic E-state index is 13.6. The van der Waals surface area contributed by atoms with Gasteiger partial charge in [0.2, 0.25) is 0 Å². The highest BCUT2D eigenvalue weighted by molar-refractivity contribution is 6.19. The zero-order chi connectivity index (χ0) is 15.2. The molecule has 0 saturated heterocycles. The molecule has 2 aromatic rings. The largest absolute Gasteiger partial charge is 0.486 e. The summed E-state index contributed by atoms with van der Waals surface area (Å²) in [5.74, 6) is 3.06. The van der Waals surface area contributed by atoms with E-state index in [1.165, 1.54) is 24.3 Å². The topological polar surface area (TPSA) is 9.23 Å². The maximum atomic E-state index is 13.6. The lowest BCUT2D eigenvalue weighted by Crippen LogP contribution is -1.99. The molecule has 5 heteroatoms. The zero-order valence-electron chi connectivity index (χ0n) is 10.8. The van der Waals surface area contributed by atoms with E-state index in [9.17, 15) is 13.2 Å². The Labute approximate surface area is 125 Å². The van der Waals surface area contributed by atoms with E-state index < -0.39 is 17.5 Å². The summed E-state index contributed by atoms with van der Waals surface area (Å²) in [6, 6.07) is 7.51. The van der Waals surface area contributed by atoms with E-state index in [2.05, 4.69) is 11.8 Å². The fourth-order valence-electron chi connectivity index (χ4n) is 1.62. The fraction of sp³-hybridized carbons (Fsp3) is 0.125. The van der Waals surface area contributed by atoms with Crippen molar-refractivity contribution in [1.29, 1.82) is 0 Å². The molecule has 0 amide bonds. The molecule has 0 bridgehead atoms. The Kier molecular flexibility index (Phi) is 5.13. The molecule has 0 atom stereocenters. The molecule has 2 aromatic carbocycles. The highest BCUT2D eigenvalue weighted by Crippen LogP contribution is 2.20. The van der Waals surface area contributed by atoms with Crippen LogP contribution in [0.4, 0.5) is 13.2 Å². The first kappa shape index (κ1) is 15.3. The summed E-state index contributed by atoms with van der Waals surface area (Å²) in [6.45, 7) is -0.0828. The summed E-state index contributed by atoms with van der Waals surface area (Å²) in [4.78, 5) is 0. The van der Waals surface area contributed by atoms with Crippen molar-refractivity contribution in [3.8, 4) is 17.6 Å². The van der Waals surface area contributed by atoms with Crippen LogP contribution in [0.25, 0.3) is 0 Å². The van der Waals surface area contributed by atoms with Gasteiger partial charge in [-0.15, -0.1) is 11.6 Å². The summed E-state index contributed by atoms with van der Waals surface area (Å²) in [5, 5.41) is 0. The van der Waals surface area contributed by atoms with Crippen molar-refractivity contribution >= 4 is 11.6 Å². The van der Waals surface area contributed by atoms with Crippen molar-refractivity contribution in [3.63, 3.8) is 0 Å². The van der Waals surface area contributed by atoms with E-state index in [4.69, 9.17) is 16.3 Å². The molecular weight excluding hydrogens is 301 g/mol. The number of benzene rings is 2. The van der Waals surface area contributed by atoms with Crippen molar-refractivity contribution in [2.45, 2.75) is 6.61 Å². The molecule has 0 aliphatic carbocycles. The standard InChI is InChI=1S/C16H10ClF3O/c17-7-1-2-11-3-6-14(19)16(9-11)21-10-12-4-5-13(18)15(20)8-12/h3-6,8-9H,7,10H2. The minimum atomic E-state index is -0.974. The zero-order valence-corrected chi connectivity index (χ0v) is 11.6. The van der Waals surface area contributed by atoms with Crippen LogP contribution in [-0.4, -0.2) is 5.88 Å². The van der Waals surface area contributed by atoms with Gasteiger partial charge in [0, 0.05) is 5.56 Å². The van der Waals surface area contributed by atoms with Gasteiger partial charge in [-0.1, -0.05) is 17.9 Å². The van der Waals surface area contributed by atoms with Gasteiger partial charge in [0.25, 0.3) is 0 Å². The molecule has 2 rings (SSSR count). The number of ether oxygens (including phenoxy) is 1. The van der Waals surface area contributed by atoms with Gasteiger partial charge in [0.05, 0.1) is 5.88 Å². The van der Waals surface area contributed by atoms with Crippen LogP contribution in [-0.2, 0) is 6.61 Å². The molecule has 0 aliphatic rings. The molecule has 0 radical (unpaired) electrons. The molecule has 0 aliphatic heterocycles. The van der Waals surface area contributed by atoms with Gasteiger partial charge in [0.1, 0.15) is 6.61 Å². The van der Waals surface area contributed by atoms with Crippen LogP contribution in [0, 0.1) is 29.3 Å². The molecular formula is C16H10ClF3O. The van der Waals surface area contributed by atoms with Gasteiger partial charge in [-0.3, -0.25) is 0 Å². The second-order valence-electron chi connectivity index (χ2n) is 4.12. The average Bonchev–Trinajstić information content (AvgIpc) is 2.48. The first-order valence-corrected chi connectivity index (χ1v) is 6.54.